The maximum absolute atomic E-state index is 8.09. The molecule has 7 heavy (non-hydrogen) atoms. The van der Waals surface area contributed by atoms with Crippen LogP contribution in [-0.4, -0.2) is 26.4 Å². The Bertz CT molecular complexity index is 42.2. The maximum atomic E-state index is 8.09. The molecule has 0 aromatic heterocycles. The summed E-state index contributed by atoms with van der Waals surface area (Å²) < 4.78 is 4.50. The van der Waals surface area contributed by atoms with Gasteiger partial charge in [0.15, 0.2) is 9.04 Å². The minimum Gasteiger partial charge on any atom is -0.431 e. The molecule has 0 amide bonds. The van der Waals surface area contributed by atoms with Crippen molar-refractivity contribution in [2.45, 2.75) is 13.1 Å². The smallest absolute Gasteiger partial charge is 0.431 e. The minimum atomic E-state index is -1.56. The van der Waals surface area contributed by atoms with Gasteiger partial charge in [-0.05, 0) is 13.1 Å². The van der Waals surface area contributed by atoms with Crippen molar-refractivity contribution in [3.05, 3.63) is 0 Å². The fourth-order valence-corrected chi connectivity index (χ4v) is 0.730. The van der Waals surface area contributed by atoms with Crippen molar-refractivity contribution in [1.82, 2.24) is 0 Å². The van der Waals surface area contributed by atoms with E-state index >= 15 is 0 Å². The molecule has 0 aromatic carbocycles. The Hall–Kier alpha value is 0.162. The van der Waals surface area contributed by atoms with E-state index in [1.807, 2.05) is 13.1 Å². The van der Waals surface area contributed by atoms with E-state index < -0.39 is 16.4 Å². The molecule has 5 heteroatoms. The predicted octanol–water partition coefficient (Wildman–Crippen LogP) is -1.04. The highest BCUT2D eigenvalue weighted by Crippen LogP contribution is 1.81. The first kappa shape index (κ1) is 7.16. The van der Waals surface area contributed by atoms with Gasteiger partial charge in [0.05, 0.1) is 0 Å². The van der Waals surface area contributed by atoms with Gasteiger partial charge in [-0.3, -0.25) is 0 Å². The summed E-state index contributed by atoms with van der Waals surface area (Å²) in [7, 11) is -2.79. The molecule has 0 aliphatic carbocycles. The number of hydrogen-bond donors (Lipinski definition) is 2. The zero-order chi connectivity index (χ0) is 5.86. The van der Waals surface area contributed by atoms with Crippen LogP contribution in [0.4, 0.5) is 0 Å². The third kappa shape index (κ3) is 6.16. The number of hydrogen-bond acceptors (Lipinski definition) is 3. The Morgan fingerprint density at radius 2 is 1.86 bits per heavy atom. The van der Waals surface area contributed by atoms with E-state index in [4.69, 9.17) is 10.0 Å². The van der Waals surface area contributed by atoms with Gasteiger partial charge in [-0.1, -0.05) is 0 Å². The van der Waals surface area contributed by atoms with Gasteiger partial charge in [-0.15, -0.1) is 0 Å². The van der Waals surface area contributed by atoms with Crippen LogP contribution >= 0.6 is 0 Å². The van der Waals surface area contributed by atoms with Crippen LogP contribution in [0.2, 0.25) is 13.1 Å². The van der Waals surface area contributed by atoms with E-state index in [0.717, 1.165) is 0 Å². The molecule has 0 radical (unpaired) electrons. The SMILES string of the molecule is C[SiH](C)OB(O)O. The molecular formula is C2H9BO3Si. The highest BCUT2D eigenvalue weighted by atomic mass is 28.3. The monoisotopic (exact) mass is 120 g/mol. The molecule has 0 fully saturated rings. The maximum Gasteiger partial charge on any atom is 0.622 e. The first-order chi connectivity index (χ1) is 3.13. The molecule has 0 bridgehead atoms. The standard InChI is InChI=1S/C2H9BO3Si/c1-7(2)6-3(4)5/h4-5,7H,1-2H3. The quantitative estimate of drug-likeness (QED) is 0.457. The summed E-state index contributed by atoms with van der Waals surface area (Å²) in [4.78, 5) is 0. The number of rotatable bonds is 2. The lowest BCUT2D eigenvalue weighted by molar-refractivity contribution is 0.291. The molecule has 0 saturated carbocycles. The summed E-state index contributed by atoms with van der Waals surface area (Å²) in [5, 5.41) is 16.2. The van der Waals surface area contributed by atoms with Gasteiger partial charge >= 0.3 is 7.32 Å². The molecule has 42 valence electrons. The molecule has 0 heterocycles. The summed E-state index contributed by atoms with van der Waals surface area (Å²) in [5.74, 6) is 0. The van der Waals surface area contributed by atoms with Crippen molar-refractivity contribution in [2.75, 3.05) is 0 Å². The summed E-state index contributed by atoms with van der Waals surface area (Å²) in [5.41, 5.74) is 0. The van der Waals surface area contributed by atoms with Gasteiger partial charge in [0.2, 0.25) is 0 Å². The Kier molecular flexibility index (Phi) is 3.27. The zero-order valence-electron chi connectivity index (χ0n) is 4.46. The minimum absolute atomic E-state index is 1.23. The van der Waals surface area contributed by atoms with Crippen molar-refractivity contribution in [3.8, 4) is 0 Å². The molecule has 0 unspecified atom stereocenters. The van der Waals surface area contributed by atoms with Crippen LogP contribution in [0.3, 0.4) is 0 Å². The molecule has 0 aliphatic rings. The van der Waals surface area contributed by atoms with Crippen LogP contribution in [0.1, 0.15) is 0 Å². The van der Waals surface area contributed by atoms with Crippen molar-refractivity contribution < 1.29 is 14.4 Å². The first-order valence-electron chi connectivity index (χ1n) is 2.14. The van der Waals surface area contributed by atoms with Crippen molar-refractivity contribution in [3.63, 3.8) is 0 Å². The van der Waals surface area contributed by atoms with E-state index in [1.165, 1.54) is 0 Å². The Morgan fingerprint density at radius 1 is 1.43 bits per heavy atom. The van der Waals surface area contributed by atoms with Gasteiger partial charge in [0.25, 0.3) is 0 Å². The highest BCUT2D eigenvalue weighted by Gasteiger charge is 2.09. The van der Waals surface area contributed by atoms with Crippen LogP contribution < -0.4 is 0 Å². The Balaban J connectivity index is 2.95. The first-order valence-corrected chi connectivity index (χ1v) is 4.92. The van der Waals surface area contributed by atoms with Crippen molar-refractivity contribution >= 4 is 16.4 Å². The van der Waals surface area contributed by atoms with Crippen LogP contribution in [-0.2, 0) is 4.34 Å². The summed E-state index contributed by atoms with van der Waals surface area (Å²) >= 11 is 0. The second kappa shape index (κ2) is 3.20. The molecule has 0 aliphatic heterocycles. The molecule has 0 saturated heterocycles. The van der Waals surface area contributed by atoms with Gasteiger partial charge in [-0.25, -0.2) is 0 Å². The second-order valence-corrected chi connectivity index (χ2v) is 3.88. The largest absolute Gasteiger partial charge is 0.622 e. The van der Waals surface area contributed by atoms with Crippen LogP contribution in [0.15, 0.2) is 0 Å². The third-order valence-corrected chi connectivity index (χ3v) is 1.18. The van der Waals surface area contributed by atoms with E-state index in [0.29, 0.717) is 0 Å². The topological polar surface area (TPSA) is 49.7 Å². The fraction of sp³-hybridized carbons (Fsp3) is 1.00. The summed E-state index contributed by atoms with van der Waals surface area (Å²) in [6.07, 6.45) is 0. The molecular weight excluding hydrogens is 111 g/mol. The lowest BCUT2D eigenvalue weighted by Crippen LogP contribution is -2.24. The third-order valence-electron chi connectivity index (χ3n) is 0.394. The fourth-order valence-electron chi connectivity index (χ4n) is 0.243. The molecule has 0 aromatic rings. The Labute approximate surface area is 44.8 Å². The molecule has 2 N–H and O–H groups in total. The molecule has 0 spiro atoms. The van der Waals surface area contributed by atoms with Crippen LogP contribution in [0.25, 0.3) is 0 Å². The van der Waals surface area contributed by atoms with Crippen molar-refractivity contribution in [1.29, 1.82) is 0 Å². The summed E-state index contributed by atoms with van der Waals surface area (Å²) in [6, 6.07) is 0. The average Bonchev–Trinajstić information content (AvgIpc) is 1.27. The zero-order valence-corrected chi connectivity index (χ0v) is 5.61. The lowest BCUT2D eigenvalue weighted by Gasteiger charge is -2.01. The normalized spacial score (nSPS) is 9.86. The second-order valence-electron chi connectivity index (χ2n) is 1.51. The molecule has 3 nitrogen and oxygen atoms in total. The predicted molar refractivity (Wildman–Crippen MR) is 30.2 cm³/mol. The molecule has 0 rings (SSSR count). The lowest BCUT2D eigenvalue weighted by atomic mass is 10.3. The van der Waals surface area contributed by atoms with Gasteiger partial charge < -0.3 is 14.4 Å². The van der Waals surface area contributed by atoms with Gasteiger partial charge in [-0.2, -0.15) is 0 Å². The van der Waals surface area contributed by atoms with Gasteiger partial charge in [0, 0.05) is 0 Å². The van der Waals surface area contributed by atoms with E-state index in [2.05, 4.69) is 4.34 Å². The van der Waals surface area contributed by atoms with Crippen LogP contribution in [0.5, 0.6) is 0 Å². The summed E-state index contributed by atoms with van der Waals surface area (Å²) in [6.45, 7) is 3.72. The van der Waals surface area contributed by atoms with Crippen molar-refractivity contribution in [2.24, 2.45) is 0 Å². The van der Waals surface area contributed by atoms with Gasteiger partial charge in [0.1, 0.15) is 0 Å². The highest BCUT2D eigenvalue weighted by molar-refractivity contribution is 6.57. The van der Waals surface area contributed by atoms with Crippen LogP contribution in [0, 0.1) is 0 Å². The van der Waals surface area contributed by atoms with E-state index in [9.17, 15) is 0 Å². The van der Waals surface area contributed by atoms with E-state index in [-0.39, 0.29) is 0 Å². The van der Waals surface area contributed by atoms with E-state index in [1.54, 1.807) is 0 Å². The Morgan fingerprint density at radius 3 is 1.86 bits per heavy atom. The average molecular weight is 120 g/mol. The molecule has 0 atom stereocenters.